The van der Waals surface area contributed by atoms with Crippen molar-refractivity contribution in [3.63, 3.8) is 0 Å². The molecule has 4 nitrogen and oxygen atoms in total. The molecule has 0 aliphatic rings. The van der Waals surface area contributed by atoms with Gasteiger partial charge in [0.15, 0.2) is 0 Å². The van der Waals surface area contributed by atoms with Crippen LogP contribution in [-0.4, -0.2) is 14.6 Å². The van der Waals surface area contributed by atoms with Crippen molar-refractivity contribution in [2.75, 3.05) is 0 Å². The number of nitrogens with zero attached hydrogens (tertiary/aromatic N) is 1. The summed E-state index contributed by atoms with van der Waals surface area (Å²) in [5.41, 5.74) is 1.81. The Labute approximate surface area is 126 Å². The summed E-state index contributed by atoms with van der Waals surface area (Å²) in [5.74, 6) is 0. The van der Waals surface area contributed by atoms with Crippen molar-refractivity contribution in [2.45, 2.75) is 11.8 Å². The Hall–Kier alpha value is -1.66. The minimum Gasteiger partial charge on any atom is -0.200 e. The highest BCUT2D eigenvalue weighted by Gasteiger charge is 2.11. The molecule has 2 rings (SSSR count). The van der Waals surface area contributed by atoms with Gasteiger partial charge >= 0.3 is 0 Å². The zero-order chi connectivity index (χ0) is 14.6. The van der Waals surface area contributed by atoms with Crippen LogP contribution < -0.4 is 4.83 Å². The lowest BCUT2D eigenvalue weighted by Crippen LogP contribution is -2.18. The molecule has 0 bridgehead atoms. The van der Waals surface area contributed by atoms with Crippen molar-refractivity contribution in [3.05, 3.63) is 64.1 Å². The summed E-state index contributed by atoms with van der Waals surface area (Å²) in [7, 11) is -3.61. The summed E-state index contributed by atoms with van der Waals surface area (Å²) >= 11 is 3.33. The van der Waals surface area contributed by atoms with E-state index < -0.39 is 10.0 Å². The van der Waals surface area contributed by atoms with Gasteiger partial charge in [0, 0.05) is 4.47 Å². The Morgan fingerprint density at radius 1 is 1.05 bits per heavy atom. The quantitative estimate of drug-likeness (QED) is 0.678. The lowest BCUT2D eigenvalue weighted by atomic mass is 10.2. The highest BCUT2D eigenvalue weighted by Crippen LogP contribution is 2.10. The third kappa shape index (κ3) is 3.91. The number of benzene rings is 2. The molecule has 0 saturated heterocycles. The van der Waals surface area contributed by atoms with E-state index in [2.05, 4.69) is 25.9 Å². The third-order valence-electron chi connectivity index (χ3n) is 2.59. The van der Waals surface area contributed by atoms with Crippen molar-refractivity contribution < 1.29 is 8.42 Å². The number of rotatable bonds is 4. The van der Waals surface area contributed by atoms with Crippen molar-refractivity contribution in [1.82, 2.24) is 4.83 Å². The van der Waals surface area contributed by atoms with E-state index in [1.54, 1.807) is 24.3 Å². The Kier molecular flexibility index (Phi) is 4.57. The van der Waals surface area contributed by atoms with Crippen LogP contribution in [0.5, 0.6) is 0 Å². The van der Waals surface area contributed by atoms with Gasteiger partial charge in [0.1, 0.15) is 0 Å². The molecule has 0 saturated carbocycles. The van der Waals surface area contributed by atoms with E-state index in [4.69, 9.17) is 0 Å². The summed E-state index contributed by atoms with van der Waals surface area (Å²) in [4.78, 5) is 2.38. The van der Waals surface area contributed by atoms with Crippen molar-refractivity contribution in [2.24, 2.45) is 5.10 Å². The van der Waals surface area contributed by atoms with Crippen LogP contribution in [-0.2, 0) is 10.0 Å². The fourth-order valence-corrected chi connectivity index (χ4v) is 2.54. The molecule has 0 aromatic heterocycles. The summed E-state index contributed by atoms with van der Waals surface area (Å²) in [6.45, 7) is 1.90. The molecular weight excluding hydrogens is 340 g/mol. The van der Waals surface area contributed by atoms with E-state index in [0.29, 0.717) is 0 Å². The van der Waals surface area contributed by atoms with E-state index in [0.717, 1.165) is 15.6 Å². The predicted molar refractivity (Wildman–Crippen MR) is 83.2 cm³/mol. The standard InChI is InChI=1S/C14H13BrN2O2S/c1-11-2-8-14(9-3-11)20(18,19)17-16-10-12-4-6-13(15)7-5-12/h2-10,17H,1H3/b16-10+. The van der Waals surface area contributed by atoms with Crippen LogP contribution in [0.1, 0.15) is 11.1 Å². The van der Waals surface area contributed by atoms with E-state index >= 15 is 0 Å². The molecule has 0 amide bonds. The number of halogens is 1. The minimum atomic E-state index is -3.61. The number of hydrogen-bond donors (Lipinski definition) is 1. The average molecular weight is 353 g/mol. The fraction of sp³-hybridized carbons (Fsp3) is 0.0714. The molecule has 0 spiro atoms. The number of hydrazone groups is 1. The maximum atomic E-state index is 12.0. The summed E-state index contributed by atoms with van der Waals surface area (Å²) in [6, 6.07) is 14.0. The van der Waals surface area contributed by atoms with E-state index in [-0.39, 0.29) is 4.90 Å². The van der Waals surface area contributed by atoms with E-state index in [9.17, 15) is 8.42 Å². The van der Waals surface area contributed by atoms with Gasteiger partial charge in [-0.1, -0.05) is 45.8 Å². The van der Waals surface area contributed by atoms with Gasteiger partial charge in [0.2, 0.25) is 0 Å². The molecule has 2 aromatic rings. The second kappa shape index (κ2) is 6.19. The number of sulfonamides is 1. The SMILES string of the molecule is Cc1ccc(S(=O)(=O)N/N=C/c2ccc(Br)cc2)cc1. The van der Waals surface area contributed by atoms with Crippen LogP contribution >= 0.6 is 15.9 Å². The summed E-state index contributed by atoms with van der Waals surface area (Å²) in [5, 5.41) is 3.76. The average Bonchev–Trinajstić information content (AvgIpc) is 2.41. The second-order valence-corrected chi connectivity index (χ2v) is 6.79. The highest BCUT2D eigenvalue weighted by molar-refractivity contribution is 9.10. The molecule has 0 aliphatic carbocycles. The van der Waals surface area contributed by atoms with Crippen LogP contribution in [0.15, 0.2) is 63.0 Å². The van der Waals surface area contributed by atoms with Gasteiger partial charge in [-0.05, 0) is 36.8 Å². The van der Waals surface area contributed by atoms with Gasteiger partial charge in [-0.15, -0.1) is 0 Å². The Balaban J connectivity index is 2.09. The maximum Gasteiger partial charge on any atom is 0.276 e. The zero-order valence-electron chi connectivity index (χ0n) is 10.7. The van der Waals surface area contributed by atoms with Crippen LogP contribution in [0.25, 0.3) is 0 Å². The zero-order valence-corrected chi connectivity index (χ0v) is 13.1. The first-order chi connectivity index (χ1) is 9.47. The molecule has 0 aliphatic heterocycles. The smallest absolute Gasteiger partial charge is 0.200 e. The summed E-state index contributed by atoms with van der Waals surface area (Å²) in [6.07, 6.45) is 1.46. The Morgan fingerprint density at radius 3 is 2.25 bits per heavy atom. The van der Waals surface area contributed by atoms with Crippen molar-refractivity contribution in [3.8, 4) is 0 Å². The molecule has 20 heavy (non-hydrogen) atoms. The maximum absolute atomic E-state index is 12.0. The first kappa shape index (κ1) is 14.7. The molecule has 6 heteroatoms. The van der Waals surface area contributed by atoms with Crippen LogP contribution in [0, 0.1) is 6.92 Å². The van der Waals surface area contributed by atoms with Gasteiger partial charge in [-0.2, -0.15) is 13.5 Å². The van der Waals surface area contributed by atoms with Gasteiger partial charge in [0.05, 0.1) is 11.1 Å². The van der Waals surface area contributed by atoms with Gasteiger partial charge in [-0.3, -0.25) is 0 Å². The molecule has 0 fully saturated rings. The van der Waals surface area contributed by atoms with Crippen LogP contribution in [0.2, 0.25) is 0 Å². The van der Waals surface area contributed by atoms with E-state index in [1.807, 2.05) is 31.2 Å². The first-order valence-electron chi connectivity index (χ1n) is 5.84. The normalized spacial score (nSPS) is 11.7. The molecule has 0 radical (unpaired) electrons. The number of aryl methyl sites for hydroxylation is 1. The highest BCUT2D eigenvalue weighted by atomic mass is 79.9. The lowest BCUT2D eigenvalue weighted by molar-refractivity contribution is 0.584. The molecule has 2 aromatic carbocycles. The fourth-order valence-electron chi connectivity index (χ4n) is 1.49. The topological polar surface area (TPSA) is 58.5 Å². The lowest BCUT2D eigenvalue weighted by Gasteiger charge is -2.03. The minimum absolute atomic E-state index is 0.191. The number of nitrogens with one attached hydrogen (secondary N) is 1. The Bertz CT molecular complexity index is 708. The Morgan fingerprint density at radius 2 is 1.65 bits per heavy atom. The van der Waals surface area contributed by atoms with Crippen LogP contribution in [0.4, 0.5) is 0 Å². The third-order valence-corrected chi connectivity index (χ3v) is 4.35. The predicted octanol–water partition coefficient (Wildman–Crippen LogP) is 3.07. The van der Waals surface area contributed by atoms with Gasteiger partial charge in [-0.25, -0.2) is 4.83 Å². The molecule has 0 heterocycles. The van der Waals surface area contributed by atoms with Gasteiger partial charge < -0.3 is 0 Å². The second-order valence-electron chi connectivity index (χ2n) is 4.22. The van der Waals surface area contributed by atoms with Crippen molar-refractivity contribution >= 4 is 32.2 Å². The largest absolute Gasteiger partial charge is 0.276 e. The van der Waals surface area contributed by atoms with Gasteiger partial charge in [0.25, 0.3) is 10.0 Å². The number of hydrogen-bond acceptors (Lipinski definition) is 3. The molecule has 0 atom stereocenters. The molecule has 0 unspecified atom stereocenters. The molecular formula is C14H13BrN2O2S. The monoisotopic (exact) mass is 352 g/mol. The van der Waals surface area contributed by atoms with E-state index in [1.165, 1.54) is 6.21 Å². The molecule has 104 valence electrons. The summed E-state index contributed by atoms with van der Waals surface area (Å²) < 4.78 is 24.9. The van der Waals surface area contributed by atoms with Crippen molar-refractivity contribution in [1.29, 1.82) is 0 Å². The van der Waals surface area contributed by atoms with Crippen LogP contribution in [0.3, 0.4) is 0 Å². The first-order valence-corrected chi connectivity index (χ1v) is 8.12. The molecule has 1 N–H and O–H groups in total.